The number of thiophene rings is 2. The van der Waals surface area contributed by atoms with Gasteiger partial charge in [0.25, 0.3) is 0 Å². The van der Waals surface area contributed by atoms with Gasteiger partial charge < -0.3 is 10.6 Å². The Labute approximate surface area is 169 Å². The first kappa shape index (κ1) is 20.3. The molecule has 0 aliphatic heterocycles. The SMILES string of the molecule is CN=C(NCc1ccc(S(N)(=O)=O)s1)NCC1(c2cccs2)CCCCC1. The van der Waals surface area contributed by atoms with Crippen molar-refractivity contribution in [3.05, 3.63) is 39.4 Å². The van der Waals surface area contributed by atoms with Crippen molar-refractivity contribution in [1.29, 1.82) is 0 Å². The molecular weight excluding hydrogens is 400 g/mol. The lowest BCUT2D eigenvalue weighted by atomic mass is 9.73. The molecule has 2 heterocycles. The van der Waals surface area contributed by atoms with Crippen molar-refractivity contribution >= 4 is 38.7 Å². The van der Waals surface area contributed by atoms with Crippen molar-refractivity contribution in [2.75, 3.05) is 13.6 Å². The predicted molar refractivity (Wildman–Crippen MR) is 113 cm³/mol. The summed E-state index contributed by atoms with van der Waals surface area (Å²) in [5.41, 5.74) is 0.174. The molecule has 1 fully saturated rings. The molecule has 0 bridgehead atoms. The molecule has 9 heteroatoms. The highest BCUT2D eigenvalue weighted by atomic mass is 32.2. The van der Waals surface area contributed by atoms with Gasteiger partial charge in [-0.2, -0.15) is 0 Å². The van der Waals surface area contributed by atoms with E-state index in [1.807, 2.05) is 11.3 Å². The highest BCUT2D eigenvalue weighted by Crippen LogP contribution is 2.41. The van der Waals surface area contributed by atoms with Gasteiger partial charge >= 0.3 is 0 Å². The van der Waals surface area contributed by atoms with Crippen LogP contribution in [-0.4, -0.2) is 28.0 Å². The molecule has 0 atom stereocenters. The molecule has 0 spiro atoms. The molecule has 4 N–H and O–H groups in total. The molecule has 2 aromatic heterocycles. The van der Waals surface area contributed by atoms with E-state index >= 15 is 0 Å². The molecule has 2 aromatic rings. The molecule has 0 radical (unpaired) electrons. The van der Waals surface area contributed by atoms with Crippen molar-refractivity contribution in [1.82, 2.24) is 10.6 Å². The van der Waals surface area contributed by atoms with E-state index in [9.17, 15) is 8.42 Å². The van der Waals surface area contributed by atoms with Crippen molar-refractivity contribution < 1.29 is 8.42 Å². The third-order valence-corrected chi connectivity index (χ3v) is 8.66. The lowest BCUT2D eigenvalue weighted by Gasteiger charge is -2.37. The highest BCUT2D eigenvalue weighted by Gasteiger charge is 2.34. The maximum atomic E-state index is 11.4. The van der Waals surface area contributed by atoms with Crippen molar-refractivity contribution in [2.45, 2.75) is 48.3 Å². The lowest BCUT2D eigenvalue weighted by molar-refractivity contribution is 0.296. The molecule has 1 aliphatic rings. The lowest BCUT2D eigenvalue weighted by Crippen LogP contribution is -2.46. The number of rotatable bonds is 6. The second-order valence-corrected chi connectivity index (χ2v) is 10.8. The summed E-state index contributed by atoms with van der Waals surface area (Å²) >= 11 is 3.01. The van der Waals surface area contributed by atoms with Gasteiger partial charge in [0.1, 0.15) is 4.21 Å². The first-order valence-electron chi connectivity index (χ1n) is 9.03. The van der Waals surface area contributed by atoms with Crippen LogP contribution >= 0.6 is 22.7 Å². The zero-order valence-corrected chi connectivity index (χ0v) is 17.9. The van der Waals surface area contributed by atoms with Crippen LogP contribution in [0.4, 0.5) is 0 Å². The molecule has 3 rings (SSSR count). The maximum Gasteiger partial charge on any atom is 0.247 e. The minimum Gasteiger partial charge on any atom is -0.355 e. The quantitative estimate of drug-likeness (QED) is 0.489. The Hall–Kier alpha value is -1.42. The predicted octanol–water partition coefficient (Wildman–Crippen LogP) is 3.02. The summed E-state index contributed by atoms with van der Waals surface area (Å²) in [6.45, 7) is 1.35. The van der Waals surface area contributed by atoms with Crippen LogP contribution in [0.3, 0.4) is 0 Å². The monoisotopic (exact) mass is 426 g/mol. The number of hydrogen-bond donors (Lipinski definition) is 3. The highest BCUT2D eigenvalue weighted by molar-refractivity contribution is 7.91. The van der Waals surface area contributed by atoms with Gasteiger partial charge in [0, 0.05) is 28.8 Å². The van der Waals surface area contributed by atoms with Crippen LogP contribution in [0.15, 0.2) is 38.8 Å². The van der Waals surface area contributed by atoms with Gasteiger partial charge in [-0.3, -0.25) is 4.99 Å². The van der Waals surface area contributed by atoms with Crippen LogP contribution in [0, 0.1) is 0 Å². The number of guanidine groups is 1. The van der Waals surface area contributed by atoms with E-state index in [1.54, 1.807) is 19.2 Å². The first-order valence-corrected chi connectivity index (χ1v) is 12.3. The third kappa shape index (κ3) is 5.10. The standard InChI is InChI=1S/C18H26N4O2S3/c1-20-17(21-12-14-7-8-16(26-14)27(19,23)24)22-13-18(9-3-2-4-10-18)15-6-5-11-25-15/h5-8,11H,2-4,9-10,12-13H2,1H3,(H2,19,23,24)(H2,20,21,22). The zero-order chi connectivity index (χ0) is 19.3. The smallest absolute Gasteiger partial charge is 0.247 e. The van der Waals surface area contributed by atoms with E-state index in [0.717, 1.165) is 17.4 Å². The summed E-state index contributed by atoms with van der Waals surface area (Å²) in [6, 6.07) is 7.69. The summed E-state index contributed by atoms with van der Waals surface area (Å²) in [7, 11) is -1.89. The van der Waals surface area contributed by atoms with Crippen molar-refractivity contribution in [3.63, 3.8) is 0 Å². The number of aliphatic imine (C=N–C) groups is 1. The largest absolute Gasteiger partial charge is 0.355 e. The Morgan fingerprint density at radius 3 is 2.59 bits per heavy atom. The minimum absolute atomic E-state index is 0.174. The number of hydrogen-bond acceptors (Lipinski definition) is 5. The van der Waals surface area contributed by atoms with Crippen molar-refractivity contribution in [2.24, 2.45) is 10.1 Å². The summed E-state index contributed by atoms with van der Waals surface area (Å²) in [5, 5.41) is 14.1. The normalized spacial score (nSPS) is 17.6. The average Bonchev–Trinajstić information content (AvgIpc) is 3.34. The Bertz CT molecular complexity index is 866. The molecule has 27 heavy (non-hydrogen) atoms. The molecule has 0 amide bonds. The molecule has 148 valence electrons. The van der Waals surface area contributed by atoms with E-state index in [0.29, 0.717) is 6.54 Å². The first-order chi connectivity index (χ1) is 12.9. The number of primary sulfonamides is 1. The van der Waals surface area contributed by atoms with Gasteiger partial charge in [-0.15, -0.1) is 22.7 Å². The Balaban J connectivity index is 1.60. The Morgan fingerprint density at radius 1 is 1.22 bits per heavy atom. The average molecular weight is 427 g/mol. The molecule has 6 nitrogen and oxygen atoms in total. The summed E-state index contributed by atoms with van der Waals surface area (Å²) in [4.78, 5) is 6.66. The van der Waals surface area contributed by atoms with Crippen LogP contribution in [0.1, 0.15) is 41.9 Å². The maximum absolute atomic E-state index is 11.4. The fraction of sp³-hybridized carbons (Fsp3) is 0.500. The second-order valence-electron chi connectivity index (χ2n) is 6.86. The molecule has 1 aliphatic carbocycles. The molecule has 1 saturated carbocycles. The van der Waals surface area contributed by atoms with Crippen LogP contribution in [0.2, 0.25) is 0 Å². The number of nitrogens with zero attached hydrogens (tertiary/aromatic N) is 1. The number of sulfonamides is 1. The van der Waals surface area contributed by atoms with Gasteiger partial charge in [-0.1, -0.05) is 25.3 Å². The van der Waals surface area contributed by atoms with E-state index in [4.69, 9.17) is 5.14 Å². The fourth-order valence-corrected chi connectivity index (χ4v) is 6.28. The van der Waals surface area contributed by atoms with E-state index < -0.39 is 10.0 Å². The zero-order valence-electron chi connectivity index (χ0n) is 15.4. The summed E-state index contributed by atoms with van der Waals surface area (Å²) < 4.78 is 23.0. The molecule has 0 unspecified atom stereocenters. The Kier molecular flexibility index (Phi) is 6.56. The number of nitrogens with two attached hydrogens (primary N) is 1. The molecule has 0 saturated heterocycles. The van der Waals surface area contributed by atoms with Gasteiger partial charge in [-0.25, -0.2) is 13.6 Å². The van der Waals surface area contributed by atoms with Crippen molar-refractivity contribution in [3.8, 4) is 0 Å². The fourth-order valence-electron chi connectivity index (χ4n) is 3.57. The van der Waals surface area contributed by atoms with Crippen LogP contribution in [-0.2, 0) is 22.0 Å². The van der Waals surface area contributed by atoms with Gasteiger partial charge in [-0.05, 0) is 36.4 Å². The molecular formula is C18H26N4O2S3. The van der Waals surface area contributed by atoms with Crippen LogP contribution in [0.5, 0.6) is 0 Å². The summed E-state index contributed by atoms with van der Waals surface area (Å²) in [5.74, 6) is 0.724. The van der Waals surface area contributed by atoms with E-state index in [-0.39, 0.29) is 9.62 Å². The molecule has 0 aromatic carbocycles. The number of nitrogens with one attached hydrogen (secondary N) is 2. The van der Waals surface area contributed by atoms with E-state index in [1.165, 1.54) is 48.3 Å². The van der Waals surface area contributed by atoms with Gasteiger partial charge in [0.05, 0.1) is 6.54 Å². The third-order valence-electron chi connectivity index (χ3n) is 5.02. The van der Waals surface area contributed by atoms with Gasteiger partial charge in [0.15, 0.2) is 5.96 Å². The summed E-state index contributed by atoms with van der Waals surface area (Å²) in [6.07, 6.45) is 6.22. The topological polar surface area (TPSA) is 96.6 Å². The van der Waals surface area contributed by atoms with Gasteiger partial charge in [0.2, 0.25) is 10.0 Å². The van der Waals surface area contributed by atoms with E-state index in [2.05, 4.69) is 33.1 Å². The Morgan fingerprint density at radius 2 is 2.00 bits per heavy atom. The second kappa shape index (κ2) is 8.72. The van der Waals surface area contributed by atoms with Crippen LogP contribution < -0.4 is 15.8 Å². The van der Waals surface area contributed by atoms with Crippen LogP contribution in [0.25, 0.3) is 0 Å². The minimum atomic E-state index is -3.64.